The number of anilines is 2. The highest BCUT2D eigenvalue weighted by Crippen LogP contribution is 2.36. The number of rotatable bonds is 7. The summed E-state index contributed by atoms with van der Waals surface area (Å²) in [5, 5.41) is 2.87. The highest BCUT2D eigenvalue weighted by molar-refractivity contribution is 6.05. The summed E-state index contributed by atoms with van der Waals surface area (Å²) in [4.78, 5) is 32.2. The van der Waals surface area contributed by atoms with Crippen LogP contribution < -0.4 is 15.0 Å². The third-order valence-electron chi connectivity index (χ3n) is 5.17. The summed E-state index contributed by atoms with van der Waals surface area (Å²) in [6.45, 7) is 2.69. The number of hydrogen-bond donors (Lipinski definition) is 1. The van der Waals surface area contributed by atoms with E-state index in [4.69, 9.17) is 4.74 Å². The van der Waals surface area contributed by atoms with Gasteiger partial charge in [-0.25, -0.2) is 4.98 Å². The van der Waals surface area contributed by atoms with Gasteiger partial charge in [-0.3, -0.25) is 19.1 Å². The first kappa shape index (κ1) is 19.0. The second-order valence-corrected chi connectivity index (χ2v) is 7.11. The molecule has 3 aromatic rings. The van der Waals surface area contributed by atoms with Crippen molar-refractivity contribution in [1.82, 2.24) is 9.55 Å². The standard InChI is InChI=1S/C22H24N4O3/c1-3-4-13-25-21(28)19(26-18-8-6-5-7-17(18)24-22(25)26)14-20(27)23-15-9-11-16(29-2)12-10-15/h5-12,19H,3-4,13-14H2,1-2H3,(H,23,27). The Bertz CT molecular complexity index is 1040. The van der Waals surface area contributed by atoms with Crippen LogP contribution in [-0.2, 0) is 9.59 Å². The van der Waals surface area contributed by atoms with Crippen LogP contribution in [0, 0.1) is 0 Å². The molecule has 0 saturated carbocycles. The third-order valence-corrected chi connectivity index (χ3v) is 5.17. The summed E-state index contributed by atoms with van der Waals surface area (Å²) in [6, 6.07) is 14.2. The van der Waals surface area contributed by atoms with Crippen LogP contribution in [0.15, 0.2) is 48.5 Å². The van der Waals surface area contributed by atoms with Crippen LogP contribution in [0.25, 0.3) is 11.0 Å². The second kappa shape index (κ2) is 7.95. The Morgan fingerprint density at radius 1 is 1.17 bits per heavy atom. The molecule has 1 aliphatic rings. The number of benzene rings is 2. The molecule has 1 aliphatic heterocycles. The number of methoxy groups -OCH3 is 1. The van der Waals surface area contributed by atoms with Gasteiger partial charge in [-0.2, -0.15) is 0 Å². The molecule has 1 atom stereocenters. The number of aromatic nitrogens is 2. The summed E-state index contributed by atoms with van der Waals surface area (Å²) in [6.07, 6.45) is 1.92. The molecule has 0 radical (unpaired) electrons. The first-order valence-corrected chi connectivity index (χ1v) is 9.84. The van der Waals surface area contributed by atoms with Crippen LogP contribution in [0.2, 0.25) is 0 Å². The van der Waals surface area contributed by atoms with E-state index >= 15 is 0 Å². The van der Waals surface area contributed by atoms with Gasteiger partial charge in [-0.15, -0.1) is 0 Å². The van der Waals surface area contributed by atoms with Crippen LogP contribution in [0.1, 0.15) is 32.2 Å². The molecule has 2 aromatic carbocycles. The van der Waals surface area contributed by atoms with E-state index in [1.807, 2.05) is 28.8 Å². The lowest BCUT2D eigenvalue weighted by Gasteiger charge is -2.15. The number of fused-ring (bicyclic) bond motifs is 3. The predicted molar refractivity (Wildman–Crippen MR) is 112 cm³/mol. The summed E-state index contributed by atoms with van der Waals surface area (Å²) >= 11 is 0. The molecule has 2 heterocycles. The maximum atomic E-state index is 13.1. The fourth-order valence-corrected chi connectivity index (χ4v) is 3.69. The maximum Gasteiger partial charge on any atom is 0.253 e. The molecule has 0 saturated heterocycles. The van der Waals surface area contributed by atoms with Gasteiger partial charge >= 0.3 is 0 Å². The number of unbranched alkanes of at least 4 members (excludes halogenated alkanes) is 1. The van der Waals surface area contributed by atoms with Gasteiger partial charge in [-0.1, -0.05) is 25.5 Å². The van der Waals surface area contributed by atoms with E-state index in [0.29, 0.717) is 18.2 Å². The Morgan fingerprint density at radius 2 is 1.93 bits per heavy atom. The van der Waals surface area contributed by atoms with Gasteiger partial charge < -0.3 is 10.1 Å². The van der Waals surface area contributed by atoms with Crippen LogP contribution in [0.5, 0.6) is 5.75 Å². The van der Waals surface area contributed by atoms with Gasteiger partial charge in [0.25, 0.3) is 5.91 Å². The number of carbonyl (C=O) groups excluding carboxylic acids is 2. The zero-order valence-electron chi connectivity index (χ0n) is 16.6. The zero-order chi connectivity index (χ0) is 20.4. The normalized spacial score (nSPS) is 15.6. The smallest absolute Gasteiger partial charge is 0.253 e. The number of hydrogen-bond acceptors (Lipinski definition) is 4. The van der Waals surface area contributed by atoms with Gasteiger partial charge in [0.1, 0.15) is 11.8 Å². The van der Waals surface area contributed by atoms with Gasteiger partial charge in [0.2, 0.25) is 11.9 Å². The molecule has 1 N–H and O–H groups in total. The SMILES string of the molecule is CCCCN1C(=O)C(CC(=O)Nc2ccc(OC)cc2)n2c1nc1ccccc12. The quantitative estimate of drug-likeness (QED) is 0.664. The Morgan fingerprint density at radius 3 is 2.66 bits per heavy atom. The van der Waals surface area contributed by atoms with Gasteiger partial charge in [0.15, 0.2) is 0 Å². The number of amides is 2. The Labute approximate surface area is 169 Å². The molecule has 0 aliphatic carbocycles. The van der Waals surface area contributed by atoms with Crippen LogP contribution in [-0.4, -0.2) is 35.0 Å². The molecule has 0 bridgehead atoms. The van der Waals surface area contributed by atoms with Gasteiger partial charge in [0, 0.05) is 12.2 Å². The number of ether oxygens (including phenoxy) is 1. The first-order valence-electron chi connectivity index (χ1n) is 9.84. The highest BCUT2D eigenvalue weighted by atomic mass is 16.5. The van der Waals surface area contributed by atoms with Crippen molar-refractivity contribution < 1.29 is 14.3 Å². The van der Waals surface area contributed by atoms with E-state index < -0.39 is 6.04 Å². The van der Waals surface area contributed by atoms with E-state index in [9.17, 15) is 9.59 Å². The van der Waals surface area contributed by atoms with E-state index in [0.717, 1.165) is 29.6 Å². The highest BCUT2D eigenvalue weighted by Gasteiger charge is 2.40. The predicted octanol–water partition coefficient (Wildman–Crippen LogP) is 3.76. The number of carbonyl (C=O) groups is 2. The minimum atomic E-state index is -0.590. The summed E-state index contributed by atoms with van der Waals surface area (Å²) in [7, 11) is 1.59. The molecular formula is C22H24N4O3. The monoisotopic (exact) mass is 392 g/mol. The average molecular weight is 392 g/mol. The topological polar surface area (TPSA) is 76.5 Å². The van der Waals surface area contributed by atoms with E-state index in [1.54, 1.807) is 36.3 Å². The molecular weight excluding hydrogens is 368 g/mol. The lowest BCUT2D eigenvalue weighted by Crippen LogP contribution is -2.32. The minimum absolute atomic E-state index is 0.0564. The zero-order valence-corrected chi connectivity index (χ0v) is 16.6. The Balaban J connectivity index is 1.59. The van der Waals surface area contributed by atoms with Crippen molar-refractivity contribution >= 4 is 34.5 Å². The molecule has 2 amide bonds. The number of nitrogens with one attached hydrogen (secondary N) is 1. The van der Waals surface area contributed by atoms with Gasteiger partial charge in [-0.05, 0) is 42.8 Å². The fraction of sp³-hybridized carbons (Fsp3) is 0.318. The van der Waals surface area contributed by atoms with Crippen molar-refractivity contribution in [3.63, 3.8) is 0 Å². The van der Waals surface area contributed by atoms with Crippen molar-refractivity contribution in [1.29, 1.82) is 0 Å². The van der Waals surface area contributed by atoms with E-state index in [-0.39, 0.29) is 18.2 Å². The molecule has 4 rings (SSSR count). The third kappa shape index (κ3) is 3.55. The van der Waals surface area contributed by atoms with Crippen molar-refractivity contribution in [3.05, 3.63) is 48.5 Å². The Hall–Kier alpha value is -3.35. The molecule has 0 fully saturated rings. The van der Waals surface area contributed by atoms with E-state index in [2.05, 4.69) is 17.2 Å². The molecule has 150 valence electrons. The number of para-hydroxylation sites is 2. The second-order valence-electron chi connectivity index (χ2n) is 7.11. The maximum absolute atomic E-state index is 13.1. The van der Waals surface area contributed by atoms with E-state index in [1.165, 1.54) is 0 Å². The molecule has 0 spiro atoms. The minimum Gasteiger partial charge on any atom is -0.497 e. The summed E-state index contributed by atoms with van der Waals surface area (Å²) in [5.41, 5.74) is 2.37. The van der Waals surface area contributed by atoms with Crippen LogP contribution >= 0.6 is 0 Å². The molecule has 7 nitrogen and oxygen atoms in total. The Kier molecular flexibility index (Phi) is 5.20. The molecule has 1 unspecified atom stereocenters. The van der Waals surface area contributed by atoms with Gasteiger partial charge in [0.05, 0.1) is 24.6 Å². The first-order chi connectivity index (χ1) is 14.1. The van der Waals surface area contributed by atoms with Crippen molar-refractivity contribution in [2.45, 2.75) is 32.2 Å². The lowest BCUT2D eigenvalue weighted by atomic mass is 10.1. The van der Waals surface area contributed by atoms with Crippen molar-refractivity contribution in [3.8, 4) is 5.75 Å². The number of imidazole rings is 1. The lowest BCUT2D eigenvalue weighted by molar-refractivity contribution is -0.124. The summed E-state index contributed by atoms with van der Waals surface area (Å²) < 4.78 is 7.04. The molecule has 29 heavy (non-hydrogen) atoms. The van der Waals surface area contributed by atoms with Crippen molar-refractivity contribution in [2.75, 3.05) is 23.9 Å². The van der Waals surface area contributed by atoms with Crippen molar-refractivity contribution in [2.24, 2.45) is 0 Å². The largest absolute Gasteiger partial charge is 0.497 e. The fourth-order valence-electron chi connectivity index (χ4n) is 3.69. The number of nitrogens with zero attached hydrogens (tertiary/aromatic N) is 3. The average Bonchev–Trinajstić information content (AvgIpc) is 3.22. The molecule has 7 heteroatoms. The van der Waals surface area contributed by atoms with Crippen LogP contribution in [0.4, 0.5) is 11.6 Å². The summed E-state index contributed by atoms with van der Waals surface area (Å²) in [5.74, 6) is 1.06. The molecule has 1 aromatic heterocycles. The van der Waals surface area contributed by atoms with Crippen LogP contribution in [0.3, 0.4) is 0 Å².